The van der Waals surface area contributed by atoms with Gasteiger partial charge in [0.1, 0.15) is 24.3 Å². The Hall–Kier alpha value is -2.69. The number of ether oxygens (including phenoxy) is 1. The Morgan fingerprint density at radius 2 is 1.83 bits per heavy atom. The van der Waals surface area contributed by atoms with E-state index in [1.807, 2.05) is 30.3 Å². The molecule has 150 valence electrons. The molecular weight excluding hydrogens is 365 g/mol. The molecule has 4 rings (SSSR count). The van der Waals surface area contributed by atoms with Crippen LogP contribution < -0.4 is 4.74 Å². The first-order valence-electron chi connectivity index (χ1n) is 10.1. The van der Waals surface area contributed by atoms with Crippen LogP contribution in [0.25, 0.3) is 11.1 Å². The lowest BCUT2D eigenvalue weighted by Crippen LogP contribution is -2.38. The molecule has 0 amide bonds. The lowest BCUT2D eigenvalue weighted by Gasteiger charge is -2.30. The van der Waals surface area contributed by atoms with E-state index in [1.54, 1.807) is 19.1 Å². The number of benzene rings is 3. The third-order valence-electron chi connectivity index (χ3n) is 5.46. The molecule has 0 fully saturated rings. The second-order valence-corrected chi connectivity index (χ2v) is 7.68. The zero-order valence-electron chi connectivity index (χ0n) is 16.6. The highest BCUT2D eigenvalue weighted by Gasteiger charge is 2.18. The number of aliphatic hydroxyl groups is 1. The first-order valence-corrected chi connectivity index (χ1v) is 10.1. The van der Waals surface area contributed by atoms with Crippen molar-refractivity contribution in [3.8, 4) is 16.9 Å². The summed E-state index contributed by atoms with van der Waals surface area (Å²) in [6.45, 7) is 4.33. The van der Waals surface area contributed by atoms with Crippen molar-refractivity contribution in [2.24, 2.45) is 0 Å². The minimum Gasteiger partial charge on any atom is -0.491 e. The van der Waals surface area contributed by atoms with Crippen LogP contribution in [0.15, 0.2) is 66.7 Å². The number of hydrogen-bond donors (Lipinski definition) is 1. The fourth-order valence-electron chi connectivity index (χ4n) is 3.88. The fraction of sp³-hybridized carbons (Fsp3) is 0.280. The van der Waals surface area contributed by atoms with Crippen molar-refractivity contribution >= 4 is 0 Å². The molecule has 4 heteroatoms. The highest BCUT2D eigenvalue weighted by atomic mass is 19.1. The first kappa shape index (κ1) is 19.6. The highest BCUT2D eigenvalue weighted by molar-refractivity contribution is 5.66. The van der Waals surface area contributed by atoms with Crippen LogP contribution in [0.5, 0.6) is 5.75 Å². The molecule has 0 bridgehead atoms. The number of β-amino-alcohol motifs (C(OH)–C–C–N with tert-alkyl or cyclic N) is 1. The Morgan fingerprint density at radius 1 is 1.03 bits per heavy atom. The molecule has 0 radical (unpaired) electrons. The van der Waals surface area contributed by atoms with E-state index in [1.165, 1.54) is 11.1 Å². The van der Waals surface area contributed by atoms with Gasteiger partial charge in [-0.1, -0.05) is 54.6 Å². The number of aliphatic hydroxyl groups excluding tert-OH is 1. The summed E-state index contributed by atoms with van der Waals surface area (Å²) >= 11 is 0. The second kappa shape index (κ2) is 8.76. The third kappa shape index (κ3) is 4.66. The quantitative estimate of drug-likeness (QED) is 0.667. The Kier molecular flexibility index (Phi) is 5.93. The predicted octanol–water partition coefficient (Wildman–Crippen LogP) is 4.60. The smallest absolute Gasteiger partial charge is 0.133 e. The van der Waals surface area contributed by atoms with Gasteiger partial charge in [0.25, 0.3) is 0 Å². The molecule has 3 aromatic rings. The van der Waals surface area contributed by atoms with Gasteiger partial charge in [0, 0.05) is 25.2 Å². The van der Waals surface area contributed by atoms with E-state index < -0.39 is 6.10 Å². The van der Waals surface area contributed by atoms with E-state index in [9.17, 15) is 9.50 Å². The van der Waals surface area contributed by atoms with Gasteiger partial charge in [0.05, 0.1) is 0 Å². The molecule has 0 aromatic heterocycles. The van der Waals surface area contributed by atoms with Crippen molar-refractivity contribution in [1.29, 1.82) is 0 Å². The van der Waals surface area contributed by atoms with E-state index >= 15 is 0 Å². The maximum atomic E-state index is 14.4. The second-order valence-electron chi connectivity index (χ2n) is 7.68. The van der Waals surface area contributed by atoms with E-state index in [0.29, 0.717) is 23.4 Å². The van der Waals surface area contributed by atoms with Crippen LogP contribution in [-0.2, 0) is 13.0 Å². The third-order valence-corrected chi connectivity index (χ3v) is 5.46. The molecule has 0 spiro atoms. The van der Waals surface area contributed by atoms with E-state index in [4.69, 9.17) is 4.74 Å². The maximum Gasteiger partial charge on any atom is 0.133 e. The SMILES string of the molecule is Cc1cccc(-c2cccc(OCC(O)CN3CCc4ccccc4C3)c2)c1F. The minimum absolute atomic E-state index is 0.206. The zero-order chi connectivity index (χ0) is 20.2. The van der Waals surface area contributed by atoms with E-state index in [2.05, 4.69) is 29.2 Å². The van der Waals surface area contributed by atoms with Gasteiger partial charge < -0.3 is 9.84 Å². The van der Waals surface area contributed by atoms with Crippen molar-refractivity contribution in [3.05, 3.63) is 89.2 Å². The number of aryl methyl sites for hydroxylation is 1. The van der Waals surface area contributed by atoms with Crippen molar-refractivity contribution in [2.45, 2.75) is 26.0 Å². The normalized spacial score (nSPS) is 15.0. The molecule has 1 unspecified atom stereocenters. The van der Waals surface area contributed by atoms with Crippen LogP contribution in [0.1, 0.15) is 16.7 Å². The molecule has 0 saturated carbocycles. The summed E-state index contributed by atoms with van der Waals surface area (Å²) in [5.41, 5.74) is 4.68. The summed E-state index contributed by atoms with van der Waals surface area (Å²) < 4.78 is 20.2. The molecule has 3 nitrogen and oxygen atoms in total. The van der Waals surface area contributed by atoms with Gasteiger partial charge in [-0.2, -0.15) is 0 Å². The lowest BCUT2D eigenvalue weighted by atomic mass is 10.00. The zero-order valence-corrected chi connectivity index (χ0v) is 16.6. The Bertz CT molecular complexity index is 988. The van der Waals surface area contributed by atoms with Gasteiger partial charge in [-0.15, -0.1) is 0 Å². The molecule has 1 aliphatic heterocycles. The highest BCUT2D eigenvalue weighted by Crippen LogP contribution is 2.28. The topological polar surface area (TPSA) is 32.7 Å². The van der Waals surface area contributed by atoms with Gasteiger partial charge in [-0.05, 0) is 47.7 Å². The number of fused-ring (bicyclic) bond motifs is 1. The van der Waals surface area contributed by atoms with Gasteiger partial charge >= 0.3 is 0 Å². The van der Waals surface area contributed by atoms with Crippen LogP contribution in [0.3, 0.4) is 0 Å². The Balaban J connectivity index is 1.35. The minimum atomic E-state index is -0.584. The number of hydrogen-bond acceptors (Lipinski definition) is 3. The molecule has 1 heterocycles. The fourth-order valence-corrected chi connectivity index (χ4v) is 3.88. The van der Waals surface area contributed by atoms with Crippen LogP contribution in [-0.4, -0.2) is 35.8 Å². The Labute approximate surface area is 171 Å². The molecule has 0 saturated heterocycles. The molecule has 1 atom stereocenters. The van der Waals surface area contributed by atoms with E-state index in [-0.39, 0.29) is 12.4 Å². The molecule has 3 aromatic carbocycles. The van der Waals surface area contributed by atoms with E-state index in [0.717, 1.165) is 25.1 Å². The predicted molar refractivity (Wildman–Crippen MR) is 113 cm³/mol. The van der Waals surface area contributed by atoms with Crippen LogP contribution in [0.2, 0.25) is 0 Å². The molecular formula is C25H26FNO2. The van der Waals surface area contributed by atoms with Gasteiger partial charge in [-0.25, -0.2) is 4.39 Å². The molecule has 1 N–H and O–H groups in total. The van der Waals surface area contributed by atoms with Gasteiger partial charge in [0.15, 0.2) is 0 Å². The van der Waals surface area contributed by atoms with Gasteiger partial charge in [0.2, 0.25) is 0 Å². The number of rotatable bonds is 6. The summed E-state index contributed by atoms with van der Waals surface area (Å²) in [5, 5.41) is 10.5. The first-order chi connectivity index (χ1) is 14.1. The molecule has 29 heavy (non-hydrogen) atoms. The molecule has 0 aliphatic carbocycles. The average molecular weight is 391 g/mol. The number of halogens is 1. The monoisotopic (exact) mass is 391 g/mol. The van der Waals surface area contributed by atoms with Crippen molar-refractivity contribution < 1.29 is 14.2 Å². The summed E-state index contributed by atoms with van der Waals surface area (Å²) in [6, 6.07) is 21.2. The summed E-state index contributed by atoms with van der Waals surface area (Å²) in [7, 11) is 0. The van der Waals surface area contributed by atoms with Crippen LogP contribution >= 0.6 is 0 Å². The average Bonchev–Trinajstić information content (AvgIpc) is 2.74. The standard InChI is InChI=1S/C25H26FNO2/c1-18-6-4-11-24(25(18)26)20-9-5-10-23(14-20)29-17-22(28)16-27-13-12-19-7-2-3-8-21(19)15-27/h2-11,14,22,28H,12-13,15-17H2,1H3. The van der Waals surface area contributed by atoms with Crippen molar-refractivity contribution in [2.75, 3.05) is 19.7 Å². The largest absolute Gasteiger partial charge is 0.491 e. The number of nitrogens with zero attached hydrogens (tertiary/aromatic N) is 1. The Morgan fingerprint density at radius 3 is 2.69 bits per heavy atom. The van der Waals surface area contributed by atoms with Gasteiger partial charge in [-0.3, -0.25) is 4.90 Å². The van der Waals surface area contributed by atoms with Crippen molar-refractivity contribution in [1.82, 2.24) is 4.90 Å². The summed E-state index contributed by atoms with van der Waals surface area (Å²) in [6.07, 6.45) is 0.424. The van der Waals surface area contributed by atoms with Crippen molar-refractivity contribution in [3.63, 3.8) is 0 Å². The maximum absolute atomic E-state index is 14.4. The van der Waals surface area contributed by atoms with Crippen LogP contribution in [0.4, 0.5) is 4.39 Å². The lowest BCUT2D eigenvalue weighted by molar-refractivity contribution is 0.0638. The molecule has 1 aliphatic rings. The summed E-state index contributed by atoms with van der Waals surface area (Å²) in [5.74, 6) is 0.418. The van der Waals surface area contributed by atoms with Crippen LogP contribution in [0, 0.1) is 12.7 Å². The summed E-state index contributed by atoms with van der Waals surface area (Å²) in [4.78, 5) is 2.26.